The molecule has 0 radical (unpaired) electrons. The first-order chi connectivity index (χ1) is 9.15. The van der Waals surface area contributed by atoms with Crippen molar-refractivity contribution in [3.05, 3.63) is 17.0 Å². The van der Waals surface area contributed by atoms with Crippen LogP contribution in [0.1, 0.15) is 81.4 Å². The fraction of sp³-hybridized carbons (Fsp3) is 0.812. The van der Waals surface area contributed by atoms with E-state index in [0.29, 0.717) is 12.1 Å². The smallest absolute Gasteiger partial charge is 0.0644 e. The Labute approximate surface area is 117 Å². The summed E-state index contributed by atoms with van der Waals surface area (Å²) in [6.07, 6.45) is 8.13. The van der Waals surface area contributed by atoms with Gasteiger partial charge in [-0.2, -0.15) is 5.10 Å². The van der Waals surface area contributed by atoms with Crippen molar-refractivity contribution in [3.63, 3.8) is 0 Å². The average molecular weight is 263 g/mol. The van der Waals surface area contributed by atoms with Crippen molar-refractivity contribution in [2.24, 2.45) is 0 Å². The highest BCUT2D eigenvalue weighted by molar-refractivity contribution is 5.28. The van der Waals surface area contributed by atoms with Gasteiger partial charge < -0.3 is 5.32 Å². The van der Waals surface area contributed by atoms with Crippen molar-refractivity contribution in [1.29, 1.82) is 0 Å². The lowest BCUT2D eigenvalue weighted by Gasteiger charge is -2.18. The van der Waals surface area contributed by atoms with E-state index in [1.54, 1.807) is 0 Å². The lowest BCUT2D eigenvalue weighted by molar-refractivity contribution is 0.396. The normalized spacial score (nSPS) is 19.4. The molecule has 1 aliphatic carbocycles. The van der Waals surface area contributed by atoms with Crippen molar-refractivity contribution in [2.75, 3.05) is 6.54 Å². The Balaban J connectivity index is 2.24. The Hall–Kier alpha value is -0.830. The van der Waals surface area contributed by atoms with Crippen molar-refractivity contribution in [2.45, 2.75) is 78.3 Å². The fourth-order valence-electron chi connectivity index (χ4n) is 3.57. The Morgan fingerprint density at radius 2 is 1.84 bits per heavy atom. The molecule has 0 saturated heterocycles. The lowest BCUT2D eigenvalue weighted by atomic mass is 10.1. The Morgan fingerprint density at radius 1 is 1.21 bits per heavy atom. The van der Waals surface area contributed by atoms with E-state index in [1.807, 2.05) is 0 Å². The summed E-state index contributed by atoms with van der Waals surface area (Å²) in [5.41, 5.74) is 3.99. The molecule has 19 heavy (non-hydrogen) atoms. The molecule has 1 saturated carbocycles. The van der Waals surface area contributed by atoms with E-state index in [4.69, 9.17) is 5.10 Å². The van der Waals surface area contributed by atoms with E-state index in [-0.39, 0.29) is 0 Å². The van der Waals surface area contributed by atoms with Crippen LogP contribution in [0.5, 0.6) is 0 Å². The van der Waals surface area contributed by atoms with Gasteiger partial charge in [-0.1, -0.05) is 32.6 Å². The molecule has 1 unspecified atom stereocenters. The first kappa shape index (κ1) is 14.6. The zero-order valence-corrected chi connectivity index (χ0v) is 13.0. The van der Waals surface area contributed by atoms with Crippen molar-refractivity contribution in [1.82, 2.24) is 15.1 Å². The van der Waals surface area contributed by atoms with E-state index in [1.165, 1.54) is 55.5 Å². The zero-order chi connectivity index (χ0) is 13.8. The van der Waals surface area contributed by atoms with Gasteiger partial charge in [0.25, 0.3) is 0 Å². The van der Waals surface area contributed by atoms with Crippen LogP contribution in [0, 0.1) is 13.8 Å². The monoisotopic (exact) mass is 263 g/mol. The van der Waals surface area contributed by atoms with Crippen LogP contribution < -0.4 is 5.32 Å². The van der Waals surface area contributed by atoms with Crippen molar-refractivity contribution < 1.29 is 0 Å². The molecule has 1 aromatic rings. The van der Waals surface area contributed by atoms with Gasteiger partial charge in [0.1, 0.15) is 0 Å². The molecule has 0 aliphatic heterocycles. The molecule has 2 rings (SSSR count). The Kier molecular flexibility index (Phi) is 5.03. The second-order valence-corrected chi connectivity index (χ2v) is 5.95. The van der Waals surface area contributed by atoms with Gasteiger partial charge in [0.2, 0.25) is 0 Å². The minimum atomic E-state index is 0.407. The summed E-state index contributed by atoms with van der Waals surface area (Å²) in [4.78, 5) is 0. The fourth-order valence-corrected chi connectivity index (χ4v) is 3.57. The molecule has 1 aromatic heterocycles. The molecule has 1 aliphatic rings. The molecule has 1 heterocycles. The molecule has 0 aromatic carbocycles. The summed E-state index contributed by atoms with van der Waals surface area (Å²) >= 11 is 0. The number of nitrogens with zero attached hydrogens (tertiary/aromatic N) is 2. The topological polar surface area (TPSA) is 29.9 Å². The molecule has 1 fully saturated rings. The molecular weight excluding hydrogens is 234 g/mol. The van der Waals surface area contributed by atoms with Crippen molar-refractivity contribution >= 4 is 0 Å². The number of nitrogens with one attached hydrogen (secondary N) is 1. The predicted molar refractivity (Wildman–Crippen MR) is 80.5 cm³/mol. The minimum Gasteiger partial charge on any atom is -0.310 e. The molecule has 1 atom stereocenters. The van der Waals surface area contributed by atoms with E-state index < -0.39 is 0 Å². The molecule has 0 bridgehead atoms. The average Bonchev–Trinajstić information content (AvgIpc) is 2.59. The molecule has 0 amide bonds. The van der Waals surface area contributed by atoms with Crippen LogP contribution in [0.25, 0.3) is 0 Å². The quantitative estimate of drug-likeness (QED) is 0.830. The number of hydrogen-bond acceptors (Lipinski definition) is 2. The van der Waals surface area contributed by atoms with Crippen LogP contribution in [0.2, 0.25) is 0 Å². The number of hydrogen-bond donors (Lipinski definition) is 1. The second kappa shape index (κ2) is 6.56. The predicted octanol–water partition coefficient (Wildman–Crippen LogP) is 4.07. The zero-order valence-electron chi connectivity index (χ0n) is 13.0. The van der Waals surface area contributed by atoms with Gasteiger partial charge in [-0.05, 0) is 40.2 Å². The Bertz CT molecular complexity index is 400. The van der Waals surface area contributed by atoms with Crippen LogP contribution in [-0.2, 0) is 0 Å². The van der Waals surface area contributed by atoms with Crippen LogP contribution in [0.3, 0.4) is 0 Å². The third kappa shape index (κ3) is 3.19. The first-order valence-electron chi connectivity index (χ1n) is 7.94. The summed E-state index contributed by atoms with van der Waals surface area (Å²) in [5, 5.41) is 8.37. The third-order valence-corrected chi connectivity index (χ3v) is 4.49. The lowest BCUT2D eigenvalue weighted by Crippen LogP contribution is -2.19. The van der Waals surface area contributed by atoms with E-state index in [2.05, 4.69) is 37.7 Å². The molecule has 0 spiro atoms. The third-order valence-electron chi connectivity index (χ3n) is 4.49. The van der Waals surface area contributed by atoms with Gasteiger partial charge in [-0.15, -0.1) is 0 Å². The molecule has 3 nitrogen and oxygen atoms in total. The largest absolute Gasteiger partial charge is 0.310 e. The molecular formula is C16H29N3. The van der Waals surface area contributed by atoms with Crippen LogP contribution in [0.15, 0.2) is 0 Å². The van der Waals surface area contributed by atoms with Crippen LogP contribution in [-0.4, -0.2) is 16.3 Å². The summed E-state index contributed by atoms with van der Waals surface area (Å²) in [5.74, 6) is 0. The van der Waals surface area contributed by atoms with Gasteiger partial charge in [0.05, 0.1) is 11.7 Å². The maximum absolute atomic E-state index is 4.86. The van der Waals surface area contributed by atoms with Crippen LogP contribution >= 0.6 is 0 Å². The molecule has 108 valence electrons. The summed E-state index contributed by atoms with van der Waals surface area (Å²) in [7, 11) is 0. The minimum absolute atomic E-state index is 0.407. The summed E-state index contributed by atoms with van der Waals surface area (Å²) in [6.45, 7) is 9.82. The summed E-state index contributed by atoms with van der Waals surface area (Å²) in [6, 6.07) is 1.04. The summed E-state index contributed by atoms with van der Waals surface area (Å²) < 4.78 is 2.32. The SMILES string of the molecule is CCNC(C)c1c(C)nn(C2CCCCCC2)c1C. The Morgan fingerprint density at radius 3 is 2.42 bits per heavy atom. The van der Waals surface area contributed by atoms with E-state index in [9.17, 15) is 0 Å². The van der Waals surface area contributed by atoms with Crippen LogP contribution in [0.4, 0.5) is 0 Å². The van der Waals surface area contributed by atoms with Gasteiger partial charge in [0.15, 0.2) is 0 Å². The highest BCUT2D eigenvalue weighted by Gasteiger charge is 2.22. The number of aromatic nitrogens is 2. The standard InChI is InChI=1S/C16H29N3/c1-5-17-12(2)16-13(3)18-19(14(16)4)15-10-8-6-7-9-11-15/h12,15,17H,5-11H2,1-4H3. The molecule has 3 heteroatoms. The van der Waals surface area contributed by atoms with Gasteiger partial charge in [-0.3, -0.25) is 4.68 Å². The number of rotatable bonds is 4. The highest BCUT2D eigenvalue weighted by Crippen LogP contribution is 2.31. The van der Waals surface area contributed by atoms with Crippen molar-refractivity contribution in [3.8, 4) is 0 Å². The van der Waals surface area contributed by atoms with E-state index in [0.717, 1.165) is 6.54 Å². The maximum atomic E-state index is 4.86. The van der Waals surface area contributed by atoms with Gasteiger partial charge in [0, 0.05) is 17.3 Å². The number of aryl methyl sites for hydroxylation is 1. The van der Waals surface area contributed by atoms with Gasteiger partial charge >= 0.3 is 0 Å². The first-order valence-corrected chi connectivity index (χ1v) is 7.94. The highest BCUT2D eigenvalue weighted by atomic mass is 15.3. The second-order valence-electron chi connectivity index (χ2n) is 5.95. The maximum Gasteiger partial charge on any atom is 0.0644 e. The van der Waals surface area contributed by atoms with Gasteiger partial charge in [-0.25, -0.2) is 0 Å². The van der Waals surface area contributed by atoms with E-state index >= 15 is 0 Å². The molecule has 1 N–H and O–H groups in total.